The van der Waals surface area contributed by atoms with Gasteiger partial charge in [-0.25, -0.2) is 0 Å². The molecular weight excluding hydrogens is 168 g/mol. The summed E-state index contributed by atoms with van der Waals surface area (Å²) < 4.78 is 5.06. The minimum absolute atomic E-state index is 0.0818. The highest BCUT2D eigenvalue weighted by Gasteiger charge is 2.30. The van der Waals surface area contributed by atoms with Crippen LogP contribution in [-0.2, 0) is 9.53 Å². The first kappa shape index (κ1) is 10.5. The largest absolute Gasteiger partial charge is 0.463 e. The molecule has 1 N–H and O–H groups in total. The van der Waals surface area contributed by atoms with Gasteiger partial charge in [-0.1, -0.05) is 12.8 Å². The Labute approximate surface area is 79.1 Å². The summed E-state index contributed by atoms with van der Waals surface area (Å²) in [6, 6.07) is 0. The number of ether oxygens (including phenoxy) is 1. The fourth-order valence-corrected chi connectivity index (χ4v) is 1.71. The van der Waals surface area contributed by atoms with E-state index in [1.54, 1.807) is 0 Å². The van der Waals surface area contributed by atoms with Crippen LogP contribution in [-0.4, -0.2) is 23.3 Å². The number of hydrogen-bond donors (Lipinski definition) is 1. The number of rotatable bonds is 2. The Hall–Kier alpha value is -0.570. The highest BCUT2D eigenvalue weighted by atomic mass is 16.5. The lowest BCUT2D eigenvalue weighted by molar-refractivity contribution is -0.158. The van der Waals surface area contributed by atoms with E-state index in [2.05, 4.69) is 0 Å². The third kappa shape index (κ3) is 2.99. The van der Waals surface area contributed by atoms with Crippen molar-refractivity contribution in [2.45, 2.75) is 51.7 Å². The van der Waals surface area contributed by atoms with Crippen LogP contribution >= 0.6 is 0 Å². The fraction of sp³-hybridized carbons (Fsp3) is 0.900. The summed E-state index contributed by atoms with van der Waals surface area (Å²) in [5.41, 5.74) is 0. The average molecular weight is 186 g/mol. The minimum Gasteiger partial charge on any atom is -0.463 e. The lowest BCUT2D eigenvalue weighted by Gasteiger charge is -2.26. The van der Waals surface area contributed by atoms with Gasteiger partial charge in [0.25, 0.3) is 0 Å². The maximum absolute atomic E-state index is 11.4. The van der Waals surface area contributed by atoms with E-state index in [9.17, 15) is 9.90 Å². The Morgan fingerprint density at radius 2 is 2.00 bits per heavy atom. The standard InChI is InChI=1S/C10H18O3/c1-7(2)13-10(12)8-5-3-4-6-9(8)11/h7-9,11H,3-6H2,1-2H3. The minimum atomic E-state index is -0.486. The molecule has 3 heteroatoms. The van der Waals surface area contributed by atoms with Crippen molar-refractivity contribution in [1.29, 1.82) is 0 Å². The predicted octanol–water partition coefficient (Wildman–Crippen LogP) is 1.49. The maximum Gasteiger partial charge on any atom is 0.311 e. The molecule has 0 aromatic heterocycles. The van der Waals surface area contributed by atoms with E-state index in [-0.39, 0.29) is 18.0 Å². The second-order valence-electron chi connectivity index (χ2n) is 3.94. The van der Waals surface area contributed by atoms with Crippen molar-refractivity contribution in [2.75, 3.05) is 0 Å². The molecule has 0 saturated heterocycles. The zero-order valence-corrected chi connectivity index (χ0v) is 8.32. The molecule has 1 rings (SSSR count). The fourth-order valence-electron chi connectivity index (χ4n) is 1.71. The zero-order chi connectivity index (χ0) is 9.84. The molecule has 0 aromatic rings. The van der Waals surface area contributed by atoms with Crippen molar-refractivity contribution in [1.82, 2.24) is 0 Å². The van der Waals surface area contributed by atoms with E-state index in [1.165, 1.54) is 0 Å². The van der Waals surface area contributed by atoms with Gasteiger partial charge in [0, 0.05) is 0 Å². The van der Waals surface area contributed by atoms with Crippen LogP contribution in [0.25, 0.3) is 0 Å². The molecule has 3 nitrogen and oxygen atoms in total. The first-order valence-electron chi connectivity index (χ1n) is 5.00. The van der Waals surface area contributed by atoms with Gasteiger partial charge < -0.3 is 9.84 Å². The van der Waals surface area contributed by atoms with Gasteiger partial charge in [-0.3, -0.25) is 4.79 Å². The summed E-state index contributed by atoms with van der Waals surface area (Å²) in [7, 11) is 0. The molecule has 76 valence electrons. The summed E-state index contributed by atoms with van der Waals surface area (Å²) in [6.45, 7) is 3.65. The first-order chi connectivity index (χ1) is 6.11. The lowest BCUT2D eigenvalue weighted by Crippen LogP contribution is -2.33. The van der Waals surface area contributed by atoms with Gasteiger partial charge in [0.05, 0.1) is 18.1 Å². The molecule has 2 atom stereocenters. The molecule has 0 heterocycles. The highest BCUT2D eigenvalue weighted by Crippen LogP contribution is 2.25. The number of esters is 1. The van der Waals surface area contributed by atoms with Crippen molar-refractivity contribution in [2.24, 2.45) is 5.92 Å². The number of carbonyl (C=O) groups excluding carboxylic acids is 1. The zero-order valence-electron chi connectivity index (χ0n) is 8.32. The Morgan fingerprint density at radius 3 is 2.54 bits per heavy atom. The van der Waals surface area contributed by atoms with E-state index < -0.39 is 6.10 Å². The summed E-state index contributed by atoms with van der Waals surface area (Å²) >= 11 is 0. The van der Waals surface area contributed by atoms with Gasteiger partial charge in [0.1, 0.15) is 0 Å². The quantitative estimate of drug-likeness (QED) is 0.664. The van der Waals surface area contributed by atoms with Crippen molar-refractivity contribution in [3.8, 4) is 0 Å². The summed E-state index contributed by atoms with van der Waals surface area (Å²) in [5, 5.41) is 9.55. The van der Waals surface area contributed by atoms with E-state index in [4.69, 9.17) is 4.74 Å². The molecule has 1 fully saturated rings. The Morgan fingerprint density at radius 1 is 1.38 bits per heavy atom. The third-order valence-electron chi connectivity index (χ3n) is 2.38. The van der Waals surface area contributed by atoms with Crippen molar-refractivity contribution in [3.63, 3.8) is 0 Å². The predicted molar refractivity (Wildman–Crippen MR) is 49.2 cm³/mol. The Kier molecular flexibility index (Phi) is 3.72. The number of aliphatic hydroxyl groups excluding tert-OH is 1. The van der Waals surface area contributed by atoms with Crippen LogP contribution in [0.2, 0.25) is 0 Å². The van der Waals surface area contributed by atoms with Gasteiger partial charge in [0.15, 0.2) is 0 Å². The smallest absolute Gasteiger partial charge is 0.311 e. The molecule has 0 spiro atoms. The highest BCUT2D eigenvalue weighted by molar-refractivity contribution is 5.73. The first-order valence-corrected chi connectivity index (χ1v) is 5.00. The van der Waals surface area contributed by atoms with Crippen molar-refractivity contribution < 1.29 is 14.6 Å². The van der Waals surface area contributed by atoms with Gasteiger partial charge in [-0.15, -0.1) is 0 Å². The number of hydrogen-bond acceptors (Lipinski definition) is 3. The molecule has 2 unspecified atom stereocenters. The molecule has 1 aliphatic rings. The van der Waals surface area contributed by atoms with E-state index >= 15 is 0 Å². The van der Waals surface area contributed by atoms with Gasteiger partial charge in [0.2, 0.25) is 0 Å². The molecule has 0 bridgehead atoms. The molecular formula is C10H18O3. The second kappa shape index (κ2) is 4.61. The monoisotopic (exact) mass is 186 g/mol. The lowest BCUT2D eigenvalue weighted by atomic mass is 9.87. The van der Waals surface area contributed by atoms with E-state index in [0.29, 0.717) is 0 Å². The van der Waals surface area contributed by atoms with E-state index in [0.717, 1.165) is 25.7 Å². The summed E-state index contributed by atoms with van der Waals surface area (Å²) in [6.07, 6.45) is 2.98. The van der Waals surface area contributed by atoms with Crippen LogP contribution in [0.1, 0.15) is 39.5 Å². The van der Waals surface area contributed by atoms with Crippen LogP contribution in [0.15, 0.2) is 0 Å². The third-order valence-corrected chi connectivity index (χ3v) is 2.38. The maximum atomic E-state index is 11.4. The van der Waals surface area contributed by atoms with Crippen LogP contribution in [0.3, 0.4) is 0 Å². The van der Waals surface area contributed by atoms with Crippen molar-refractivity contribution in [3.05, 3.63) is 0 Å². The average Bonchev–Trinajstić information content (AvgIpc) is 2.03. The van der Waals surface area contributed by atoms with Crippen LogP contribution in [0.4, 0.5) is 0 Å². The second-order valence-corrected chi connectivity index (χ2v) is 3.94. The molecule has 0 aromatic carbocycles. The van der Waals surface area contributed by atoms with E-state index in [1.807, 2.05) is 13.8 Å². The molecule has 13 heavy (non-hydrogen) atoms. The molecule has 1 aliphatic carbocycles. The van der Waals surface area contributed by atoms with Crippen LogP contribution < -0.4 is 0 Å². The number of aliphatic hydroxyl groups is 1. The van der Waals surface area contributed by atoms with Crippen LogP contribution in [0, 0.1) is 5.92 Å². The normalized spacial score (nSPS) is 28.9. The van der Waals surface area contributed by atoms with Gasteiger partial charge in [-0.2, -0.15) is 0 Å². The van der Waals surface area contributed by atoms with Crippen molar-refractivity contribution >= 4 is 5.97 Å². The number of carbonyl (C=O) groups is 1. The Balaban J connectivity index is 2.44. The summed E-state index contributed by atoms with van der Waals surface area (Å²) in [4.78, 5) is 11.4. The molecule has 1 saturated carbocycles. The van der Waals surface area contributed by atoms with Gasteiger partial charge >= 0.3 is 5.97 Å². The molecule has 0 amide bonds. The molecule has 0 radical (unpaired) electrons. The molecule has 0 aliphatic heterocycles. The Bertz CT molecular complexity index is 177. The SMILES string of the molecule is CC(C)OC(=O)C1CCCCC1O. The summed E-state index contributed by atoms with van der Waals surface area (Å²) in [5.74, 6) is -0.515. The van der Waals surface area contributed by atoms with Gasteiger partial charge in [-0.05, 0) is 26.7 Å². The van der Waals surface area contributed by atoms with Crippen LogP contribution in [0.5, 0.6) is 0 Å². The topological polar surface area (TPSA) is 46.5 Å².